The van der Waals surface area contributed by atoms with Crippen LogP contribution in [0, 0.1) is 0 Å². The Morgan fingerprint density at radius 1 is 0.838 bits per heavy atom. The standard InChI is InChI=1S/C30H32N2O5/c1-5-37-25-14-13-18(17-27(25)35-3)19-15-23-28(24(33)16-19)29(32-22-11-7-6-10-21(22)31-23)20-9-8-12-26(34-2)30(20)36-4/h6-14,17,19,29,31-32H,5,15-16H2,1-4H3/t19-,29+/m0/s1. The molecule has 7 heteroatoms. The van der Waals surface area contributed by atoms with Crippen LogP contribution in [0.1, 0.15) is 42.9 Å². The molecule has 192 valence electrons. The molecule has 7 nitrogen and oxygen atoms in total. The SMILES string of the molecule is CCOc1ccc([C@@H]2CC(=O)C3=C(C2)Nc2ccccc2N[C@@H]3c2cccc(OC)c2OC)cc1OC. The summed E-state index contributed by atoms with van der Waals surface area (Å²) in [5, 5.41) is 7.20. The average Bonchev–Trinajstić information content (AvgIpc) is 3.09. The van der Waals surface area contributed by atoms with Gasteiger partial charge in [0.15, 0.2) is 28.8 Å². The molecule has 5 rings (SSSR count). The van der Waals surface area contributed by atoms with Crippen molar-refractivity contribution in [1.82, 2.24) is 0 Å². The lowest BCUT2D eigenvalue weighted by molar-refractivity contribution is -0.116. The monoisotopic (exact) mass is 500 g/mol. The summed E-state index contributed by atoms with van der Waals surface area (Å²) in [6.07, 6.45) is 1.06. The number of methoxy groups -OCH3 is 3. The zero-order chi connectivity index (χ0) is 25.9. The van der Waals surface area contributed by atoms with Crippen molar-refractivity contribution >= 4 is 17.2 Å². The van der Waals surface area contributed by atoms with Crippen LogP contribution in [-0.4, -0.2) is 33.7 Å². The van der Waals surface area contributed by atoms with Gasteiger partial charge in [0.2, 0.25) is 0 Å². The molecule has 0 spiro atoms. The number of ketones is 1. The zero-order valence-corrected chi connectivity index (χ0v) is 21.6. The normalized spacial score (nSPS) is 18.5. The minimum atomic E-state index is -0.403. The minimum absolute atomic E-state index is 0.00134. The molecule has 1 aliphatic carbocycles. The number of anilines is 2. The van der Waals surface area contributed by atoms with Crippen molar-refractivity contribution in [3.63, 3.8) is 0 Å². The van der Waals surface area contributed by atoms with E-state index in [9.17, 15) is 4.79 Å². The van der Waals surface area contributed by atoms with Gasteiger partial charge in [0.1, 0.15) is 0 Å². The molecule has 0 saturated heterocycles. The van der Waals surface area contributed by atoms with Gasteiger partial charge in [-0.25, -0.2) is 0 Å². The molecule has 0 fully saturated rings. The van der Waals surface area contributed by atoms with E-state index in [1.807, 2.05) is 67.6 Å². The first-order valence-corrected chi connectivity index (χ1v) is 12.5. The summed E-state index contributed by atoms with van der Waals surface area (Å²) < 4.78 is 22.6. The molecule has 3 aromatic rings. The van der Waals surface area contributed by atoms with Crippen molar-refractivity contribution in [2.75, 3.05) is 38.6 Å². The smallest absolute Gasteiger partial charge is 0.166 e. The Hall–Kier alpha value is -4.13. The Labute approximate surface area is 217 Å². The summed E-state index contributed by atoms with van der Waals surface area (Å²) in [4.78, 5) is 13.9. The molecule has 0 radical (unpaired) electrons. The van der Waals surface area contributed by atoms with E-state index in [-0.39, 0.29) is 11.7 Å². The van der Waals surface area contributed by atoms with Crippen molar-refractivity contribution in [3.05, 3.63) is 83.1 Å². The van der Waals surface area contributed by atoms with Crippen LogP contribution in [0.5, 0.6) is 23.0 Å². The highest BCUT2D eigenvalue weighted by molar-refractivity contribution is 6.01. The molecule has 1 aliphatic heterocycles. The molecule has 2 N–H and O–H groups in total. The van der Waals surface area contributed by atoms with Gasteiger partial charge in [0, 0.05) is 23.3 Å². The van der Waals surface area contributed by atoms with Crippen LogP contribution in [0.3, 0.4) is 0 Å². The molecule has 2 aliphatic rings. The molecule has 1 heterocycles. The van der Waals surface area contributed by atoms with E-state index in [1.165, 1.54) is 0 Å². The van der Waals surface area contributed by atoms with Gasteiger partial charge in [-0.05, 0) is 55.2 Å². The first-order valence-electron chi connectivity index (χ1n) is 12.5. The highest BCUT2D eigenvalue weighted by Gasteiger charge is 2.37. The fourth-order valence-corrected chi connectivity index (χ4v) is 5.31. The molecule has 0 bridgehead atoms. The largest absolute Gasteiger partial charge is 0.493 e. The van der Waals surface area contributed by atoms with E-state index in [1.54, 1.807) is 21.3 Å². The Balaban J connectivity index is 1.60. The van der Waals surface area contributed by atoms with Crippen LogP contribution in [0.25, 0.3) is 0 Å². The first-order chi connectivity index (χ1) is 18.1. The quantitative estimate of drug-likeness (QED) is 0.406. The third kappa shape index (κ3) is 4.57. The van der Waals surface area contributed by atoms with E-state index in [0.29, 0.717) is 42.4 Å². The van der Waals surface area contributed by atoms with Crippen molar-refractivity contribution < 1.29 is 23.7 Å². The minimum Gasteiger partial charge on any atom is -0.493 e. The van der Waals surface area contributed by atoms with Crippen molar-refractivity contribution in [3.8, 4) is 23.0 Å². The first kappa shape index (κ1) is 24.6. The molecule has 0 saturated carbocycles. The summed E-state index contributed by atoms with van der Waals surface area (Å²) in [6, 6.07) is 19.3. The van der Waals surface area contributed by atoms with Gasteiger partial charge in [0.05, 0.1) is 45.4 Å². The third-order valence-electron chi connectivity index (χ3n) is 7.01. The predicted molar refractivity (Wildman–Crippen MR) is 144 cm³/mol. The number of nitrogens with one attached hydrogen (secondary N) is 2. The average molecular weight is 501 g/mol. The van der Waals surface area contributed by atoms with Crippen LogP contribution in [0.2, 0.25) is 0 Å². The summed E-state index contributed by atoms with van der Waals surface area (Å²) in [5.74, 6) is 2.69. The van der Waals surface area contributed by atoms with Gasteiger partial charge in [0.25, 0.3) is 0 Å². The van der Waals surface area contributed by atoms with E-state index in [2.05, 4.69) is 10.6 Å². The van der Waals surface area contributed by atoms with Crippen molar-refractivity contribution in [1.29, 1.82) is 0 Å². The van der Waals surface area contributed by atoms with E-state index in [0.717, 1.165) is 33.8 Å². The predicted octanol–water partition coefficient (Wildman–Crippen LogP) is 6.09. The van der Waals surface area contributed by atoms with Gasteiger partial charge in [-0.15, -0.1) is 0 Å². The number of allylic oxidation sites excluding steroid dienone is 1. The second-order valence-corrected chi connectivity index (χ2v) is 9.09. The van der Waals surface area contributed by atoms with Crippen LogP contribution >= 0.6 is 0 Å². The van der Waals surface area contributed by atoms with E-state index in [4.69, 9.17) is 18.9 Å². The van der Waals surface area contributed by atoms with Crippen LogP contribution in [-0.2, 0) is 4.79 Å². The fourth-order valence-electron chi connectivity index (χ4n) is 5.31. The number of carbonyl (C=O) groups is 1. The molecule has 0 unspecified atom stereocenters. The summed E-state index contributed by atoms with van der Waals surface area (Å²) in [5.41, 5.74) is 5.36. The summed E-state index contributed by atoms with van der Waals surface area (Å²) >= 11 is 0. The second kappa shape index (κ2) is 10.5. The highest BCUT2D eigenvalue weighted by Crippen LogP contribution is 2.47. The number of rotatable bonds is 7. The number of carbonyl (C=O) groups excluding carboxylic acids is 1. The summed E-state index contributed by atoms with van der Waals surface area (Å²) in [7, 11) is 4.87. The van der Waals surface area contributed by atoms with E-state index >= 15 is 0 Å². The molecule has 37 heavy (non-hydrogen) atoms. The Bertz CT molecular complexity index is 1350. The maximum Gasteiger partial charge on any atom is 0.166 e. The molecule has 3 aromatic carbocycles. The highest BCUT2D eigenvalue weighted by atomic mass is 16.5. The molecular weight excluding hydrogens is 468 g/mol. The van der Waals surface area contributed by atoms with Gasteiger partial charge in [-0.3, -0.25) is 4.79 Å². The molecule has 0 amide bonds. The maximum absolute atomic E-state index is 13.9. The van der Waals surface area contributed by atoms with Crippen LogP contribution in [0.15, 0.2) is 71.9 Å². The number of hydrogen-bond donors (Lipinski definition) is 2. The summed E-state index contributed by atoms with van der Waals surface area (Å²) in [6.45, 7) is 2.50. The maximum atomic E-state index is 13.9. The number of benzene rings is 3. The Kier molecular flexibility index (Phi) is 6.95. The van der Waals surface area contributed by atoms with Gasteiger partial charge in [-0.1, -0.05) is 30.3 Å². The van der Waals surface area contributed by atoms with E-state index < -0.39 is 6.04 Å². The van der Waals surface area contributed by atoms with Crippen LogP contribution < -0.4 is 29.6 Å². The topological polar surface area (TPSA) is 78.1 Å². The third-order valence-corrected chi connectivity index (χ3v) is 7.01. The molecule has 2 atom stereocenters. The molecular formula is C30H32N2O5. The van der Waals surface area contributed by atoms with Gasteiger partial charge < -0.3 is 29.6 Å². The second-order valence-electron chi connectivity index (χ2n) is 9.09. The Morgan fingerprint density at radius 3 is 2.35 bits per heavy atom. The lowest BCUT2D eigenvalue weighted by Gasteiger charge is -2.31. The number of fused-ring (bicyclic) bond motifs is 1. The number of para-hydroxylation sites is 3. The zero-order valence-electron chi connectivity index (χ0n) is 21.6. The van der Waals surface area contributed by atoms with Gasteiger partial charge in [-0.2, -0.15) is 0 Å². The lowest BCUT2D eigenvalue weighted by atomic mass is 9.78. The van der Waals surface area contributed by atoms with Crippen molar-refractivity contribution in [2.24, 2.45) is 0 Å². The Morgan fingerprint density at radius 2 is 1.62 bits per heavy atom. The fraction of sp³-hybridized carbons (Fsp3) is 0.300. The van der Waals surface area contributed by atoms with Gasteiger partial charge >= 0.3 is 0 Å². The van der Waals surface area contributed by atoms with Crippen molar-refractivity contribution in [2.45, 2.75) is 31.7 Å². The number of Topliss-reactive ketones (excluding diaryl/α,β-unsaturated/α-hetero) is 1. The number of ether oxygens (including phenoxy) is 4. The molecule has 0 aromatic heterocycles. The van der Waals surface area contributed by atoms with Crippen LogP contribution in [0.4, 0.5) is 11.4 Å². The number of hydrogen-bond acceptors (Lipinski definition) is 7. The lowest BCUT2D eigenvalue weighted by Crippen LogP contribution is -2.27.